The fourth-order valence-electron chi connectivity index (χ4n) is 4.39. The highest BCUT2D eigenvalue weighted by Crippen LogP contribution is 2.38. The molecule has 3 aromatic heterocycles. The third-order valence-electron chi connectivity index (χ3n) is 6.23. The van der Waals surface area contributed by atoms with E-state index >= 15 is 0 Å². The van der Waals surface area contributed by atoms with Crippen molar-refractivity contribution in [2.75, 3.05) is 11.1 Å². The molecule has 0 saturated heterocycles. The first-order valence-electron chi connectivity index (χ1n) is 11.8. The van der Waals surface area contributed by atoms with Gasteiger partial charge in [0.15, 0.2) is 0 Å². The number of hydrogen-bond donors (Lipinski definition) is 2. The minimum atomic E-state index is -0.608. The summed E-state index contributed by atoms with van der Waals surface area (Å²) in [5.41, 5.74) is 12.1. The topological polar surface area (TPSA) is 133 Å². The average molecular weight is 503 g/mol. The number of rotatable bonds is 5. The van der Waals surface area contributed by atoms with E-state index in [-0.39, 0.29) is 17.4 Å². The third-order valence-corrected chi connectivity index (χ3v) is 6.23. The Hall–Kier alpha value is -5.38. The first-order valence-corrected chi connectivity index (χ1v) is 11.8. The van der Waals surface area contributed by atoms with Crippen molar-refractivity contribution < 1.29 is 9.53 Å². The van der Waals surface area contributed by atoms with Gasteiger partial charge >= 0.3 is 5.97 Å². The summed E-state index contributed by atoms with van der Waals surface area (Å²) in [7, 11) is 2.03. The summed E-state index contributed by atoms with van der Waals surface area (Å²) < 4.78 is 7.52. The van der Waals surface area contributed by atoms with Crippen LogP contribution in [0.3, 0.4) is 0 Å². The molecule has 0 amide bonds. The Morgan fingerprint density at radius 2 is 2.00 bits per heavy atom. The Balaban J connectivity index is 1.40. The van der Waals surface area contributed by atoms with E-state index in [1.165, 1.54) is 18.5 Å². The van der Waals surface area contributed by atoms with Crippen LogP contribution in [0.2, 0.25) is 0 Å². The van der Waals surface area contributed by atoms with Crippen LogP contribution >= 0.6 is 0 Å². The molecule has 5 aromatic rings. The van der Waals surface area contributed by atoms with Crippen molar-refractivity contribution in [3.8, 4) is 17.0 Å². The molecule has 2 aromatic carbocycles. The van der Waals surface area contributed by atoms with Crippen molar-refractivity contribution in [2.45, 2.75) is 6.54 Å². The second-order valence-electron chi connectivity index (χ2n) is 8.68. The third kappa shape index (κ3) is 4.46. The average Bonchev–Trinajstić information content (AvgIpc) is 3.12. The van der Waals surface area contributed by atoms with E-state index in [1.807, 2.05) is 25.4 Å². The number of nitrogens with zero attached hydrogens (tertiary/aromatic N) is 6. The lowest BCUT2D eigenvalue weighted by molar-refractivity contribution is 0.0728. The number of esters is 1. The summed E-state index contributed by atoms with van der Waals surface area (Å²) >= 11 is 0. The SMILES string of the molecule is Cn1ccc2ccc(-c3cc(Nc4cnccc4C(=O)Oc4ccnc(N)n4)cc4c3CN=CC=N4)cc21. The second-order valence-corrected chi connectivity index (χ2v) is 8.68. The van der Waals surface area contributed by atoms with E-state index in [2.05, 4.69) is 59.1 Å². The summed E-state index contributed by atoms with van der Waals surface area (Å²) in [4.78, 5) is 34.0. The summed E-state index contributed by atoms with van der Waals surface area (Å²) in [6, 6.07) is 15.5. The van der Waals surface area contributed by atoms with Gasteiger partial charge in [0.2, 0.25) is 11.8 Å². The molecule has 10 nitrogen and oxygen atoms in total. The maximum absolute atomic E-state index is 13.0. The highest BCUT2D eigenvalue weighted by molar-refractivity contribution is 6.17. The molecule has 0 aliphatic carbocycles. The Bertz CT molecular complexity index is 1760. The highest BCUT2D eigenvalue weighted by atomic mass is 16.5. The second kappa shape index (κ2) is 9.58. The van der Waals surface area contributed by atoms with E-state index in [4.69, 9.17) is 10.5 Å². The van der Waals surface area contributed by atoms with Crippen LogP contribution in [0.5, 0.6) is 5.88 Å². The van der Waals surface area contributed by atoms with Crippen molar-refractivity contribution in [3.05, 3.63) is 84.4 Å². The molecule has 4 heterocycles. The molecule has 0 spiro atoms. The molecule has 0 bridgehead atoms. The summed E-state index contributed by atoms with van der Waals surface area (Å²) in [6.07, 6.45) is 9.94. The van der Waals surface area contributed by atoms with Crippen LogP contribution in [-0.2, 0) is 13.6 Å². The van der Waals surface area contributed by atoms with Gasteiger partial charge in [0.25, 0.3) is 0 Å². The van der Waals surface area contributed by atoms with Crippen LogP contribution in [0, 0.1) is 0 Å². The van der Waals surface area contributed by atoms with Crippen LogP contribution in [0.1, 0.15) is 15.9 Å². The number of benzene rings is 2. The van der Waals surface area contributed by atoms with Crippen molar-refractivity contribution in [1.82, 2.24) is 19.5 Å². The van der Waals surface area contributed by atoms with E-state index < -0.39 is 5.97 Å². The van der Waals surface area contributed by atoms with E-state index in [0.717, 1.165) is 39.0 Å². The fourth-order valence-corrected chi connectivity index (χ4v) is 4.39. The van der Waals surface area contributed by atoms with E-state index in [1.54, 1.807) is 24.7 Å². The van der Waals surface area contributed by atoms with Crippen molar-refractivity contribution >= 4 is 52.3 Å². The molecular formula is C28H22N8O2. The molecule has 1 aliphatic heterocycles. The normalized spacial score (nSPS) is 12.2. The molecule has 6 rings (SSSR count). The highest BCUT2D eigenvalue weighted by Gasteiger charge is 2.18. The zero-order chi connectivity index (χ0) is 26.1. The number of carbonyl (C=O) groups excluding carboxylic acids is 1. The Morgan fingerprint density at radius 3 is 2.89 bits per heavy atom. The van der Waals surface area contributed by atoms with Crippen LogP contribution in [0.4, 0.5) is 23.0 Å². The number of nitrogen functional groups attached to an aromatic ring is 1. The lowest BCUT2D eigenvalue weighted by Crippen LogP contribution is -2.12. The van der Waals surface area contributed by atoms with Gasteiger partial charge in [-0.1, -0.05) is 12.1 Å². The molecule has 10 heteroatoms. The molecule has 0 saturated carbocycles. The van der Waals surface area contributed by atoms with Crippen LogP contribution in [-0.4, -0.2) is 37.9 Å². The summed E-state index contributed by atoms with van der Waals surface area (Å²) in [5.74, 6) is -0.537. The molecule has 38 heavy (non-hydrogen) atoms. The number of carbonyl (C=O) groups is 1. The summed E-state index contributed by atoms with van der Waals surface area (Å²) in [6.45, 7) is 0.503. The van der Waals surface area contributed by atoms with Gasteiger partial charge in [0.1, 0.15) is 0 Å². The number of aryl methyl sites for hydroxylation is 1. The molecule has 0 atom stereocenters. The lowest BCUT2D eigenvalue weighted by Gasteiger charge is -2.16. The van der Waals surface area contributed by atoms with Crippen LogP contribution in [0.25, 0.3) is 22.0 Å². The van der Waals surface area contributed by atoms with Gasteiger partial charge in [-0.05, 0) is 46.8 Å². The monoisotopic (exact) mass is 502 g/mol. The molecule has 0 radical (unpaired) electrons. The quantitative estimate of drug-likeness (QED) is 0.328. The lowest BCUT2D eigenvalue weighted by atomic mass is 9.96. The van der Waals surface area contributed by atoms with Crippen LogP contribution in [0.15, 0.2) is 83.3 Å². The standard InChI is InChI=1S/C28H22N8O2/c1-36-11-6-17-2-3-18(12-25(17)36)21-13-19(14-23-22(21)15-31-9-10-32-23)34-24-16-30-7-4-20(24)27(37)38-26-5-8-33-28(29)35-26/h2-14,16,34H,15H2,1H3,(H2,29,33,35). The van der Waals surface area contributed by atoms with Gasteiger partial charge in [0, 0.05) is 60.9 Å². The minimum absolute atomic E-state index is 0.0129. The number of fused-ring (bicyclic) bond motifs is 2. The Morgan fingerprint density at radius 1 is 1.08 bits per heavy atom. The van der Waals surface area contributed by atoms with Gasteiger partial charge in [-0.25, -0.2) is 9.78 Å². The van der Waals surface area contributed by atoms with E-state index in [0.29, 0.717) is 12.2 Å². The number of nitrogens with one attached hydrogen (secondary N) is 1. The van der Waals surface area contributed by atoms with Crippen LogP contribution < -0.4 is 15.8 Å². The number of pyridine rings is 1. The molecule has 0 fully saturated rings. The van der Waals surface area contributed by atoms with E-state index in [9.17, 15) is 4.79 Å². The van der Waals surface area contributed by atoms with Crippen molar-refractivity contribution in [1.29, 1.82) is 0 Å². The first kappa shape index (κ1) is 23.0. The first-order chi connectivity index (χ1) is 18.5. The Labute approximate surface area is 217 Å². The van der Waals surface area contributed by atoms with Gasteiger partial charge < -0.3 is 20.4 Å². The van der Waals surface area contributed by atoms with Crippen molar-refractivity contribution in [3.63, 3.8) is 0 Å². The minimum Gasteiger partial charge on any atom is -0.404 e. The van der Waals surface area contributed by atoms with Gasteiger partial charge in [-0.3, -0.25) is 15.0 Å². The maximum Gasteiger partial charge on any atom is 0.347 e. The number of aliphatic imine (C=N–C) groups is 2. The fraction of sp³-hybridized carbons (Fsp3) is 0.0714. The number of ether oxygens (including phenoxy) is 1. The number of anilines is 3. The number of nitrogens with two attached hydrogens (primary N) is 1. The maximum atomic E-state index is 13.0. The molecule has 0 unspecified atom stereocenters. The van der Waals surface area contributed by atoms with Crippen molar-refractivity contribution in [2.24, 2.45) is 17.0 Å². The van der Waals surface area contributed by atoms with Gasteiger partial charge in [-0.2, -0.15) is 4.98 Å². The smallest absolute Gasteiger partial charge is 0.347 e. The largest absolute Gasteiger partial charge is 0.404 e. The Kier molecular flexibility index (Phi) is 5.81. The van der Waals surface area contributed by atoms with Gasteiger partial charge in [-0.15, -0.1) is 0 Å². The van der Waals surface area contributed by atoms with Gasteiger partial charge in [0.05, 0.1) is 29.7 Å². The predicted molar refractivity (Wildman–Crippen MR) is 148 cm³/mol. The molecule has 1 aliphatic rings. The molecule has 3 N–H and O–H groups in total. The zero-order valence-electron chi connectivity index (χ0n) is 20.4. The zero-order valence-corrected chi connectivity index (χ0v) is 20.4. The summed E-state index contributed by atoms with van der Waals surface area (Å²) in [5, 5.41) is 4.50. The number of hydrogen-bond acceptors (Lipinski definition) is 9. The predicted octanol–water partition coefficient (Wildman–Crippen LogP) is 4.86. The molecule has 186 valence electrons. The number of aromatic nitrogens is 4. The molecular weight excluding hydrogens is 480 g/mol.